The lowest BCUT2D eigenvalue weighted by molar-refractivity contribution is 0.0123. The van der Waals surface area contributed by atoms with Crippen molar-refractivity contribution < 1.29 is 13.3 Å². The summed E-state index contributed by atoms with van der Waals surface area (Å²) in [7, 11) is -3.43. The van der Waals surface area contributed by atoms with Gasteiger partial charge >= 0.3 is 0 Å². The molecule has 1 aliphatic heterocycles. The minimum Gasteiger partial charge on any atom is -0.389 e. The molecule has 0 saturated heterocycles. The van der Waals surface area contributed by atoms with Crippen molar-refractivity contribution in [1.29, 1.82) is 0 Å². The molecule has 0 fully saturated rings. The van der Waals surface area contributed by atoms with Gasteiger partial charge in [-0.1, -0.05) is 47.6 Å². The molecule has 21 heavy (non-hydrogen) atoms. The highest BCUT2D eigenvalue weighted by molar-refractivity contribution is 8.05. The topological polar surface area (TPSA) is 55.7 Å². The average Bonchev–Trinajstić information content (AvgIpc) is 2.79. The Balaban J connectivity index is 1.88. The molecule has 0 spiro atoms. The van der Waals surface area contributed by atoms with Crippen LogP contribution in [0.15, 0.2) is 47.6 Å². The summed E-state index contributed by atoms with van der Waals surface area (Å²) >= 11 is 0. The van der Waals surface area contributed by atoms with Crippen molar-refractivity contribution >= 4 is 25.7 Å². The van der Waals surface area contributed by atoms with Gasteiger partial charge in [-0.25, -0.2) is 8.42 Å². The SMILES string of the molecule is CC1(C)CC(S(=O)(=O)Cc2ccc3ccccc3c2)=NO1. The Hall–Kier alpha value is -1.88. The Labute approximate surface area is 124 Å². The Morgan fingerprint density at radius 1 is 1.14 bits per heavy atom. The summed E-state index contributed by atoms with van der Waals surface area (Å²) in [6.07, 6.45) is 0.322. The van der Waals surface area contributed by atoms with Gasteiger partial charge in [0, 0.05) is 6.42 Å². The Morgan fingerprint density at radius 2 is 1.86 bits per heavy atom. The van der Waals surface area contributed by atoms with Crippen LogP contribution in [0.5, 0.6) is 0 Å². The molecule has 1 aliphatic rings. The zero-order valence-corrected chi connectivity index (χ0v) is 12.9. The molecule has 0 radical (unpaired) electrons. The number of hydrogen-bond donors (Lipinski definition) is 0. The van der Waals surface area contributed by atoms with Crippen molar-refractivity contribution in [2.24, 2.45) is 5.16 Å². The van der Waals surface area contributed by atoms with Gasteiger partial charge in [-0.3, -0.25) is 0 Å². The van der Waals surface area contributed by atoms with Crippen LogP contribution in [-0.4, -0.2) is 19.1 Å². The molecule has 0 unspecified atom stereocenters. The van der Waals surface area contributed by atoms with Gasteiger partial charge in [0.25, 0.3) is 0 Å². The number of sulfone groups is 1. The summed E-state index contributed by atoms with van der Waals surface area (Å²) < 4.78 is 24.8. The monoisotopic (exact) mass is 303 g/mol. The summed E-state index contributed by atoms with van der Waals surface area (Å²) in [6.45, 7) is 3.66. The summed E-state index contributed by atoms with van der Waals surface area (Å²) in [5.74, 6) is -0.0455. The summed E-state index contributed by atoms with van der Waals surface area (Å²) in [6, 6.07) is 13.6. The first-order valence-electron chi connectivity index (χ1n) is 6.81. The first-order chi connectivity index (χ1) is 9.86. The average molecular weight is 303 g/mol. The van der Waals surface area contributed by atoms with E-state index in [1.165, 1.54) is 0 Å². The molecule has 0 aliphatic carbocycles. The van der Waals surface area contributed by atoms with Crippen molar-refractivity contribution in [2.75, 3.05) is 0 Å². The van der Waals surface area contributed by atoms with Gasteiger partial charge in [-0.15, -0.1) is 0 Å². The molecule has 0 bridgehead atoms. The number of oxime groups is 1. The van der Waals surface area contributed by atoms with Gasteiger partial charge in [0.05, 0.1) is 5.75 Å². The van der Waals surface area contributed by atoms with Gasteiger partial charge in [-0.2, -0.15) is 0 Å². The normalized spacial score (nSPS) is 17.5. The van der Waals surface area contributed by atoms with Crippen molar-refractivity contribution in [3.05, 3.63) is 48.0 Å². The second-order valence-electron chi connectivity index (χ2n) is 5.95. The molecule has 0 amide bonds. The van der Waals surface area contributed by atoms with Crippen LogP contribution in [-0.2, 0) is 20.4 Å². The van der Waals surface area contributed by atoms with E-state index in [-0.39, 0.29) is 10.8 Å². The van der Waals surface area contributed by atoms with E-state index in [0.717, 1.165) is 16.3 Å². The van der Waals surface area contributed by atoms with Gasteiger partial charge in [0.15, 0.2) is 14.9 Å². The van der Waals surface area contributed by atoms with E-state index in [1.807, 2.05) is 56.3 Å². The fraction of sp³-hybridized carbons (Fsp3) is 0.312. The van der Waals surface area contributed by atoms with Crippen LogP contribution in [0.2, 0.25) is 0 Å². The van der Waals surface area contributed by atoms with Crippen molar-refractivity contribution in [3.8, 4) is 0 Å². The van der Waals surface area contributed by atoms with Crippen LogP contribution in [0.1, 0.15) is 25.8 Å². The lowest BCUT2D eigenvalue weighted by Gasteiger charge is -2.13. The zero-order chi connectivity index (χ0) is 15.1. The maximum absolute atomic E-state index is 12.4. The molecule has 0 N–H and O–H groups in total. The molecule has 5 heteroatoms. The van der Waals surface area contributed by atoms with Crippen LogP contribution < -0.4 is 0 Å². The number of rotatable bonds is 2. The van der Waals surface area contributed by atoms with Gasteiger partial charge in [0.2, 0.25) is 0 Å². The van der Waals surface area contributed by atoms with Crippen molar-refractivity contribution in [1.82, 2.24) is 0 Å². The molecular weight excluding hydrogens is 286 g/mol. The largest absolute Gasteiger partial charge is 0.389 e. The molecule has 0 atom stereocenters. The first-order valence-corrected chi connectivity index (χ1v) is 8.46. The molecule has 110 valence electrons. The van der Waals surface area contributed by atoms with E-state index in [1.54, 1.807) is 0 Å². The second kappa shape index (κ2) is 4.84. The molecule has 0 saturated carbocycles. The number of nitrogens with zero attached hydrogens (tertiary/aromatic N) is 1. The van der Waals surface area contributed by atoms with Crippen LogP contribution in [0.25, 0.3) is 10.8 Å². The number of benzene rings is 2. The number of fused-ring (bicyclic) bond motifs is 1. The van der Waals surface area contributed by atoms with Crippen molar-refractivity contribution in [3.63, 3.8) is 0 Å². The van der Waals surface area contributed by atoms with E-state index in [4.69, 9.17) is 4.84 Å². The molecule has 2 aromatic rings. The zero-order valence-electron chi connectivity index (χ0n) is 12.0. The van der Waals surface area contributed by atoms with E-state index in [9.17, 15) is 8.42 Å². The smallest absolute Gasteiger partial charge is 0.199 e. The molecular formula is C16H17NO3S. The lowest BCUT2D eigenvalue weighted by atomic mass is 10.1. The third kappa shape index (κ3) is 2.93. The van der Waals surface area contributed by atoms with Crippen LogP contribution in [0, 0.1) is 0 Å². The predicted molar refractivity (Wildman–Crippen MR) is 83.8 cm³/mol. The standard InChI is InChI=1S/C16H17NO3S/c1-16(2)10-15(17-20-16)21(18,19)11-12-7-8-13-5-3-4-6-14(13)9-12/h3-9H,10-11H2,1-2H3. The van der Waals surface area contributed by atoms with Crippen LogP contribution in [0.4, 0.5) is 0 Å². The second-order valence-corrected chi connectivity index (χ2v) is 7.94. The highest BCUT2D eigenvalue weighted by Gasteiger charge is 2.35. The van der Waals surface area contributed by atoms with E-state index in [0.29, 0.717) is 6.42 Å². The first kappa shape index (κ1) is 14.1. The predicted octanol–water partition coefficient (Wildman–Crippen LogP) is 3.27. The molecule has 0 aromatic heterocycles. The fourth-order valence-corrected chi connectivity index (χ4v) is 3.90. The maximum atomic E-state index is 12.4. The third-order valence-corrected chi connectivity index (χ3v) is 5.15. The highest BCUT2D eigenvalue weighted by Crippen LogP contribution is 2.26. The molecule has 2 aromatic carbocycles. The molecule has 3 rings (SSSR count). The van der Waals surface area contributed by atoms with Crippen molar-refractivity contribution in [2.45, 2.75) is 31.6 Å². The lowest BCUT2D eigenvalue weighted by Crippen LogP contribution is -2.23. The quantitative estimate of drug-likeness (QED) is 0.855. The molecule has 1 heterocycles. The molecule has 4 nitrogen and oxygen atoms in total. The maximum Gasteiger partial charge on any atom is 0.199 e. The van der Waals surface area contributed by atoms with Gasteiger partial charge < -0.3 is 4.84 Å². The van der Waals surface area contributed by atoms with E-state index in [2.05, 4.69) is 5.16 Å². The Morgan fingerprint density at radius 3 is 2.52 bits per heavy atom. The minimum atomic E-state index is -3.43. The van der Waals surface area contributed by atoms with Gasteiger partial charge in [-0.05, 0) is 30.2 Å². The number of hydrogen-bond acceptors (Lipinski definition) is 4. The van der Waals surface area contributed by atoms with E-state index >= 15 is 0 Å². The third-order valence-electron chi connectivity index (χ3n) is 3.50. The van der Waals surface area contributed by atoms with E-state index < -0.39 is 15.4 Å². The summed E-state index contributed by atoms with van der Waals surface area (Å²) in [4.78, 5) is 5.16. The fourth-order valence-electron chi connectivity index (χ4n) is 2.40. The summed E-state index contributed by atoms with van der Waals surface area (Å²) in [5, 5.41) is 6.02. The summed E-state index contributed by atoms with van der Waals surface area (Å²) in [5.41, 5.74) is 0.229. The van der Waals surface area contributed by atoms with Gasteiger partial charge in [0.1, 0.15) is 5.60 Å². The minimum absolute atomic E-state index is 0.0455. The Kier molecular flexibility index (Phi) is 3.24. The Bertz CT molecular complexity index is 822. The van der Waals surface area contributed by atoms with Crippen LogP contribution in [0.3, 0.4) is 0 Å². The van der Waals surface area contributed by atoms with Crippen LogP contribution >= 0.6 is 0 Å². The highest BCUT2D eigenvalue weighted by atomic mass is 32.2.